The molecule has 1 N–H and O–H groups in total. The third kappa shape index (κ3) is 5.15. The van der Waals surface area contributed by atoms with Crippen molar-refractivity contribution in [2.45, 2.75) is 45.4 Å². The molecule has 3 heterocycles. The minimum absolute atomic E-state index is 0.000476. The van der Waals surface area contributed by atoms with Gasteiger partial charge in [-0.1, -0.05) is 136 Å². The van der Waals surface area contributed by atoms with Gasteiger partial charge in [-0.05, 0) is 123 Å². The van der Waals surface area contributed by atoms with Gasteiger partial charge in [0.25, 0.3) is 0 Å². The molecule has 2 aliphatic rings. The van der Waals surface area contributed by atoms with Crippen LogP contribution in [-0.4, -0.2) is 9.97 Å². The molecule has 0 saturated heterocycles. The number of nitrogens with one attached hydrogen (secondary N) is 1. The number of fused-ring (bicyclic) bond motifs is 16. The van der Waals surface area contributed by atoms with Crippen LogP contribution >= 0.6 is 0 Å². The summed E-state index contributed by atoms with van der Waals surface area (Å²) in [5.41, 5.74) is 17.3. The van der Waals surface area contributed by atoms with Crippen molar-refractivity contribution in [3.8, 4) is 22.3 Å². The summed E-state index contributed by atoms with van der Waals surface area (Å²) >= 11 is 0. The molecule has 2 aliphatic carbocycles. The number of hydrogen-bond donors (Lipinski definition) is 1. The molecule has 0 atom stereocenters. The van der Waals surface area contributed by atoms with Gasteiger partial charge in [-0.15, -0.1) is 0 Å². The second kappa shape index (κ2) is 13.2. The second-order valence-electron chi connectivity index (χ2n) is 18.0. The number of hydrogen-bond acceptors (Lipinski definition) is 5. The van der Waals surface area contributed by atoms with Gasteiger partial charge in [0.05, 0.1) is 16.5 Å². The standard InChI is InChI=1S/C57H44N4O/c1-34-22-28-50(58-32-34)60-47-30-45-52(41-17-7-6-16-40(41)47)54-46(57(45)43-19-11-8-14-38(43)39-15-9-12-20-44(39)57)31-48(53-42-18-10-13-21-49(42)62-55(53)54)61(51-29-23-35(2)33-59-51)37-26-24-36(25-27-37)56(3,4)5/h6-33H,1-5H3,(H,58,60). The molecule has 0 aliphatic heterocycles. The Kier molecular flexibility index (Phi) is 7.77. The van der Waals surface area contributed by atoms with Crippen LogP contribution in [0, 0.1) is 13.8 Å². The largest absolute Gasteiger partial charge is 0.455 e. The fourth-order valence-corrected chi connectivity index (χ4v) is 10.4. The van der Waals surface area contributed by atoms with Crippen LogP contribution in [0.5, 0.6) is 0 Å². The summed E-state index contributed by atoms with van der Waals surface area (Å²) in [7, 11) is 0. The maximum absolute atomic E-state index is 7.29. The quantitative estimate of drug-likeness (QED) is 0.188. The average Bonchev–Trinajstić information content (AvgIpc) is 3.92. The van der Waals surface area contributed by atoms with Gasteiger partial charge in [0.15, 0.2) is 0 Å². The molecular formula is C57H44N4O. The molecule has 0 unspecified atom stereocenters. The summed E-state index contributed by atoms with van der Waals surface area (Å²) in [5.74, 6) is 1.64. The van der Waals surface area contributed by atoms with Gasteiger partial charge < -0.3 is 9.73 Å². The molecule has 1 spiro atoms. The molecule has 3 aromatic heterocycles. The van der Waals surface area contributed by atoms with E-state index in [1.807, 2.05) is 12.4 Å². The van der Waals surface area contributed by atoms with Gasteiger partial charge in [-0.3, -0.25) is 4.90 Å². The van der Waals surface area contributed by atoms with Crippen molar-refractivity contribution < 1.29 is 4.42 Å². The van der Waals surface area contributed by atoms with Gasteiger partial charge in [0, 0.05) is 40.1 Å². The third-order valence-corrected chi connectivity index (χ3v) is 13.2. The van der Waals surface area contributed by atoms with Crippen molar-refractivity contribution >= 4 is 61.4 Å². The zero-order valence-corrected chi connectivity index (χ0v) is 35.4. The fraction of sp³-hybridized carbons (Fsp3) is 0.123. The summed E-state index contributed by atoms with van der Waals surface area (Å²) < 4.78 is 7.29. The molecule has 0 radical (unpaired) electrons. The Hall–Kier alpha value is -7.50. The van der Waals surface area contributed by atoms with Gasteiger partial charge in [-0.2, -0.15) is 0 Å². The summed E-state index contributed by atoms with van der Waals surface area (Å²) in [6.07, 6.45) is 3.89. The maximum Gasteiger partial charge on any atom is 0.145 e. The predicted octanol–water partition coefficient (Wildman–Crippen LogP) is 15.0. The number of benzene rings is 7. The number of aryl methyl sites for hydroxylation is 2. The first-order valence-electron chi connectivity index (χ1n) is 21.5. The number of nitrogens with zero attached hydrogens (tertiary/aromatic N) is 3. The number of anilines is 5. The van der Waals surface area contributed by atoms with Crippen molar-refractivity contribution in [3.63, 3.8) is 0 Å². The normalized spacial score (nSPS) is 13.4. The van der Waals surface area contributed by atoms with E-state index in [4.69, 9.17) is 14.4 Å². The lowest BCUT2D eigenvalue weighted by Gasteiger charge is -2.32. The van der Waals surface area contributed by atoms with E-state index in [-0.39, 0.29) is 5.41 Å². The van der Waals surface area contributed by atoms with Gasteiger partial charge in [0.2, 0.25) is 0 Å². The number of aromatic nitrogens is 2. The molecule has 0 amide bonds. The minimum Gasteiger partial charge on any atom is -0.455 e. The Morgan fingerprint density at radius 2 is 1.18 bits per heavy atom. The molecule has 62 heavy (non-hydrogen) atoms. The van der Waals surface area contributed by atoms with Crippen molar-refractivity contribution in [1.29, 1.82) is 0 Å². The number of rotatable bonds is 5. The van der Waals surface area contributed by atoms with E-state index in [0.717, 1.165) is 78.1 Å². The van der Waals surface area contributed by atoms with Crippen LogP contribution in [0.4, 0.5) is 28.7 Å². The number of furan rings is 1. The van der Waals surface area contributed by atoms with E-state index in [9.17, 15) is 0 Å². The molecule has 5 nitrogen and oxygen atoms in total. The second-order valence-corrected chi connectivity index (χ2v) is 18.0. The van der Waals surface area contributed by atoms with Gasteiger partial charge >= 0.3 is 0 Å². The number of para-hydroxylation sites is 1. The third-order valence-electron chi connectivity index (χ3n) is 13.2. The lowest BCUT2D eigenvalue weighted by Crippen LogP contribution is -2.26. The van der Waals surface area contributed by atoms with E-state index in [1.165, 1.54) is 44.5 Å². The highest BCUT2D eigenvalue weighted by Crippen LogP contribution is 2.67. The molecule has 10 aromatic rings. The maximum atomic E-state index is 7.29. The Bertz CT molecular complexity index is 3380. The monoisotopic (exact) mass is 800 g/mol. The highest BCUT2D eigenvalue weighted by molar-refractivity contribution is 6.23. The highest BCUT2D eigenvalue weighted by atomic mass is 16.3. The van der Waals surface area contributed by atoms with Crippen LogP contribution in [-0.2, 0) is 10.8 Å². The molecule has 0 fully saturated rings. The Labute approximate surface area is 361 Å². The Morgan fingerprint density at radius 1 is 0.565 bits per heavy atom. The summed E-state index contributed by atoms with van der Waals surface area (Å²) in [5, 5.41) is 8.18. The summed E-state index contributed by atoms with van der Waals surface area (Å²) in [4.78, 5) is 12.3. The first kappa shape index (κ1) is 36.4. The topological polar surface area (TPSA) is 54.2 Å². The SMILES string of the molecule is Cc1ccc(Nc2cc3c(c4ccccc24)-c2c(cc(N(c4ccc(C(C)(C)C)cc4)c4ccc(C)cn4)c4c2oc2ccccc24)C32c3ccccc3-c3ccccc32)nc1. The first-order chi connectivity index (χ1) is 30.2. The molecule has 0 saturated carbocycles. The summed E-state index contributed by atoms with van der Waals surface area (Å²) in [6, 6.07) is 57.6. The van der Waals surface area contributed by atoms with Crippen LogP contribution in [0.3, 0.4) is 0 Å². The van der Waals surface area contributed by atoms with E-state index < -0.39 is 5.41 Å². The van der Waals surface area contributed by atoms with E-state index in [0.29, 0.717) is 0 Å². The van der Waals surface area contributed by atoms with Crippen molar-refractivity contribution in [3.05, 3.63) is 209 Å². The van der Waals surface area contributed by atoms with E-state index in [1.54, 1.807) is 0 Å². The average molecular weight is 801 g/mol. The van der Waals surface area contributed by atoms with E-state index in [2.05, 4.69) is 203 Å². The molecular weight excluding hydrogens is 757 g/mol. The smallest absolute Gasteiger partial charge is 0.145 e. The van der Waals surface area contributed by atoms with Crippen LogP contribution < -0.4 is 10.2 Å². The van der Waals surface area contributed by atoms with Crippen LogP contribution in [0.2, 0.25) is 0 Å². The highest BCUT2D eigenvalue weighted by Gasteiger charge is 2.54. The fourth-order valence-electron chi connectivity index (χ4n) is 10.4. The van der Waals surface area contributed by atoms with Crippen LogP contribution in [0.25, 0.3) is 55.0 Å². The van der Waals surface area contributed by atoms with Crippen LogP contribution in [0.1, 0.15) is 59.7 Å². The van der Waals surface area contributed by atoms with Crippen molar-refractivity contribution in [1.82, 2.24) is 9.97 Å². The number of pyridine rings is 2. The van der Waals surface area contributed by atoms with Gasteiger partial charge in [0.1, 0.15) is 22.8 Å². The Balaban J connectivity index is 1.26. The first-order valence-corrected chi connectivity index (χ1v) is 21.5. The predicted molar refractivity (Wildman–Crippen MR) is 256 cm³/mol. The zero-order valence-electron chi connectivity index (χ0n) is 35.4. The molecule has 0 bridgehead atoms. The summed E-state index contributed by atoms with van der Waals surface area (Å²) in [6.45, 7) is 11.0. The molecule has 5 heteroatoms. The van der Waals surface area contributed by atoms with Crippen molar-refractivity contribution in [2.75, 3.05) is 10.2 Å². The Morgan fingerprint density at radius 3 is 1.84 bits per heavy atom. The molecule has 7 aromatic carbocycles. The lowest BCUT2D eigenvalue weighted by atomic mass is 9.70. The van der Waals surface area contributed by atoms with E-state index >= 15 is 0 Å². The van der Waals surface area contributed by atoms with Crippen molar-refractivity contribution in [2.24, 2.45) is 0 Å². The molecule has 298 valence electrons. The lowest BCUT2D eigenvalue weighted by molar-refractivity contribution is 0.590. The zero-order chi connectivity index (χ0) is 41.9. The minimum atomic E-state index is -0.691. The molecule has 12 rings (SSSR count). The van der Waals surface area contributed by atoms with Crippen LogP contribution in [0.15, 0.2) is 175 Å². The van der Waals surface area contributed by atoms with Gasteiger partial charge in [-0.25, -0.2) is 9.97 Å².